The molecule has 0 amide bonds. The van der Waals surface area contributed by atoms with Gasteiger partial charge in [0, 0.05) is 0 Å². The molecule has 2 aromatic rings. The topological polar surface area (TPSA) is 74.6 Å². The van der Waals surface area contributed by atoms with Gasteiger partial charge in [0.1, 0.15) is 5.75 Å². The summed E-state index contributed by atoms with van der Waals surface area (Å²) in [4.78, 5) is 22.1. The van der Waals surface area contributed by atoms with Crippen LogP contribution < -0.4 is 10.9 Å². The standard InChI is InChI=1S/C12H10O4/c1-5-3-7(4-6(2)9(5)13)8-10(14)12(16)11(8)15/h3-4,13-14H,1-2H3. The van der Waals surface area contributed by atoms with Crippen LogP contribution in [0.25, 0.3) is 11.1 Å². The number of phenols is 1. The fourth-order valence-corrected chi connectivity index (χ4v) is 1.75. The van der Waals surface area contributed by atoms with E-state index in [9.17, 15) is 19.8 Å². The second-order valence-electron chi connectivity index (χ2n) is 3.84. The Kier molecular flexibility index (Phi) is 2.08. The Labute approximate surface area is 91.1 Å². The molecule has 0 aliphatic carbocycles. The predicted molar refractivity (Wildman–Crippen MR) is 59.6 cm³/mol. The molecule has 0 radical (unpaired) electrons. The number of benzene rings is 1. The summed E-state index contributed by atoms with van der Waals surface area (Å²) in [5.41, 5.74) is 0.177. The molecule has 2 aromatic carbocycles. The molecule has 0 heterocycles. The molecule has 0 fully saturated rings. The van der Waals surface area contributed by atoms with Gasteiger partial charge in [-0.15, -0.1) is 0 Å². The number of aromatic hydroxyl groups is 2. The van der Waals surface area contributed by atoms with Crippen molar-refractivity contribution in [3.63, 3.8) is 0 Å². The van der Waals surface area contributed by atoms with Crippen molar-refractivity contribution in [2.45, 2.75) is 13.8 Å². The summed E-state index contributed by atoms with van der Waals surface area (Å²) in [6.07, 6.45) is 0. The summed E-state index contributed by atoms with van der Waals surface area (Å²) in [5, 5.41) is 18.9. The molecule has 0 saturated carbocycles. The van der Waals surface area contributed by atoms with Gasteiger partial charge in [-0.05, 0) is 42.7 Å². The highest BCUT2D eigenvalue weighted by molar-refractivity contribution is 5.75. The van der Waals surface area contributed by atoms with Crippen molar-refractivity contribution in [1.29, 1.82) is 0 Å². The molecular formula is C12H10O4. The van der Waals surface area contributed by atoms with Gasteiger partial charge in [-0.25, -0.2) is 0 Å². The van der Waals surface area contributed by atoms with Crippen LogP contribution in [0.5, 0.6) is 11.5 Å². The van der Waals surface area contributed by atoms with Gasteiger partial charge >= 0.3 is 0 Å². The summed E-state index contributed by atoms with van der Waals surface area (Å²) >= 11 is 0. The maximum Gasteiger partial charge on any atom is 0.268 e. The smallest absolute Gasteiger partial charge is 0.268 e. The molecule has 0 aromatic heterocycles. The first-order valence-electron chi connectivity index (χ1n) is 4.76. The monoisotopic (exact) mass is 218 g/mol. The molecule has 0 atom stereocenters. The van der Waals surface area contributed by atoms with Gasteiger partial charge in [0.15, 0.2) is 5.75 Å². The van der Waals surface area contributed by atoms with Gasteiger partial charge in [0.25, 0.3) is 5.43 Å². The summed E-state index contributed by atoms with van der Waals surface area (Å²) in [5.74, 6) is -0.337. The van der Waals surface area contributed by atoms with Crippen LogP contribution in [0.2, 0.25) is 0 Å². The number of rotatable bonds is 1. The molecule has 0 aliphatic heterocycles. The Balaban J connectivity index is 2.68. The molecule has 4 nitrogen and oxygen atoms in total. The minimum atomic E-state index is -0.849. The van der Waals surface area contributed by atoms with Gasteiger partial charge in [0.05, 0.1) is 5.56 Å². The van der Waals surface area contributed by atoms with Crippen molar-refractivity contribution in [1.82, 2.24) is 0 Å². The van der Waals surface area contributed by atoms with E-state index in [2.05, 4.69) is 0 Å². The number of hydrogen-bond donors (Lipinski definition) is 2. The molecule has 0 aliphatic rings. The lowest BCUT2D eigenvalue weighted by Crippen LogP contribution is -2.31. The first-order valence-corrected chi connectivity index (χ1v) is 4.76. The zero-order valence-electron chi connectivity index (χ0n) is 8.87. The third-order valence-electron chi connectivity index (χ3n) is 2.66. The van der Waals surface area contributed by atoms with E-state index in [-0.39, 0.29) is 11.3 Å². The van der Waals surface area contributed by atoms with Crippen molar-refractivity contribution in [2.75, 3.05) is 0 Å². The Bertz CT molecular complexity index is 622. The summed E-state index contributed by atoms with van der Waals surface area (Å²) in [7, 11) is 0. The maximum absolute atomic E-state index is 11.3. The molecule has 0 spiro atoms. The van der Waals surface area contributed by atoms with Crippen LogP contribution >= 0.6 is 0 Å². The normalized spacial score (nSPS) is 10.9. The lowest BCUT2D eigenvalue weighted by atomic mass is 9.96. The van der Waals surface area contributed by atoms with Crippen LogP contribution in [0.15, 0.2) is 21.7 Å². The fraction of sp³-hybridized carbons (Fsp3) is 0.167. The number of hydrogen-bond acceptors (Lipinski definition) is 4. The average Bonchev–Trinajstić information content (AvgIpc) is 2.25. The molecule has 16 heavy (non-hydrogen) atoms. The van der Waals surface area contributed by atoms with Crippen LogP contribution in [0.3, 0.4) is 0 Å². The van der Waals surface area contributed by atoms with Crippen molar-refractivity contribution >= 4 is 0 Å². The quantitative estimate of drug-likeness (QED) is 0.699. The Morgan fingerprint density at radius 3 is 1.81 bits per heavy atom. The van der Waals surface area contributed by atoms with E-state index in [0.717, 1.165) is 0 Å². The van der Waals surface area contributed by atoms with Gasteiger partial charge < -0.3 is 10.2 Å². The highest BCUT2D eigenvalue weighted by Gasteiger charge is 2.22. The van der Waals surface area contributed by atoms with E-state index in [1.807, 2.05) is 0 Å². The lowest BCUT2D eigenvalue weighted by Gasteiger charge is -2.09. The predicted octanol–water partition coefficient (Wildman–Crippen LogP) is 0.978. The highest BCUT2D eigenvalue weighted by atomic mass is 16.3. The van der Waals surface area contributed by atoms with Crippen molar-refractivity contribution < 1.29 is 10.2 Å². The van der Waals surface area contributed by atoms with Crippen molar-refractivity contribution in [3.05, 3.63) is 43.7 Å². The second kappa shape index (κ2) is 3.20. The van der Waals surface area contributed by atoms with Crippen LogP contribution in [0, 0.1) is 13.8 Å². The van der Waals surface area contributed by atoms with Gasteiger partial charge in [0.2, 0.25) is 5.43 Å². The molecule has 4 heteroatoms. The first-order chi connectivity index (χ1) is 7.43. The largest absolute Gasteiger partial charge is 0.507 e. The Morgan fingerprint density at radius 1 is 0.875 bits per heavy atom. The van der Waals surface area contributed by atoms with E-state index in [0.29, 0.717) is 16.7 Å². The van der Waals surface area contributed by atoms with Gasteiger partial charge in [-0.2, -0.15) is 0 Å². The molecular weight excluding hydrogens is 208 g/mol. The summed E-state index contributed by atoms with van der Waals surface area (Å²) < 4.78 is 0. The molecule has 2 rings (SSSR count). The number of aryl methyl sites for hydroxylation is 2. The zero-order valence-corrected chi connectivity index (χ0v) is 8.87. The van der Waals surface area contributed by atoms with Crippen LogP contribution in [-0.2, 0) is 0 Å². The van der Waals surface area contributed by atoms with E-state index in [1.54, 1.807) is 26.0 Å². The van der Waals surface area contributed by atoms with Crippen molar-refractivity contribution in [3.8, 4) is 22.6 Å². The molecule has 0 unspecified atom stereocenters. The molecule has 82 valence electrons. The number of phenolic OH excluding ortho intramolecular Hbond substituents is 1. The second-order valence-corrected chi connectivity index (χ2v) is 3.84. The molecule has 0 saturated heterocycles. The zero-order chi connectivity index (χ0) is 12.0. The molecule has 0 bridgehead atoms. The lowest BCUT2D eigenvalue weighted by molar-refractivity contribution is 0.464. The maximum atomic E-state index is 11.3. The van der Waals surface area contributed by atoms with Crippen LogP contribution in [0.4, 0.5) is 0 Å². The molecule has 2 N–H and O–H groups in total. The summed E-state index contributed by atoms with van der Waals surface area (Å²) in [6, 6.07) is 3.14. The Morgan fingerprint density at radius 2 is 1.38 bits per heavy atom. The minimum Gasteiger partial charge on any atom is -0.507 e. The Hall–Kier alpha value is -2.10. The van der Waals surface area contributed by atoms with Crippen LogP contribution in [-0.4, -0.2) is 10.2 Å². The average molecular weight is 218 g/mol. The van der Waals surface area contributed by atoms with E-state index in [1.165, 1.54) is 0 Å². The van der Waals surface area contributed by atoms with Gasteiger partial charge in [-0.3, -0.25) is 9.59 Å². The fourth-order valence-electron chi connectivity index (χ4n) is 1.75. The first kappa shape index (κ1) is 10.4. The van der Waals surface area contributed by atoms with Crippen LogP contribution in [0.1, 0.15) is 11.1 Å². The SMILES string of the molecule is Cc1cc(-c2c(O)c(=O)c2=O)cc(C)c1O. The minimum absolute atomic E-state index is 0.0381. The third-order valence-corrected chi connectivity index (χ3v) is 2.66. The third kappa shape index (κ3) is 1.23. The highest BCUT2D eigenvalue weighted by Crippen LogP contribution is 2.31. The van der Waals surface area contributed by atoms with Crippen molar-refractivity contribution in [2.24, 2.45) is 0 Å². The van der Waals surface area contributed by atoms with Gasteiger partial charge in [-0.1, -0.05) is 0 Å². The van der Waals surface area contributed by atoms with E-state index < -0.39 is 16.6 Å². The van der Waals surface area contributed by atoms with E-state index >= 15 is 0 Å². The summed E-state index contributed by atoms with van der Waals surface area (Å²) in [6.45, 7) is 3.38. The van der Waals surface area contributed by atoms with E-state index in [4.69, 9.17) is 0 Å².